The molecule has 0 spiro atoms. The quantitative estimate of drug-likeness (QED) is 0.512. The van der Waals surface area contributed by atoms with Gasteiger partial charge in [0.25, 0.3) is 0 Å². The summed E-state index contributed by atoms with van der Waals surface area (Å²) in [5.41, 5.74) is 0. The monoisotopic (exact) mass is 216 g/mol. The van der Waals surface area contributed by atoms with Crippen LogP contribution in [0.15, 0.2) is 0 Å². The third kappa shape index (κ3) is 6.90. The molecule has 0 aliphatic rings. The van der Waals surface area contributed by atoms with Gasteiger partial charge in [0.15, 0.2) is 0 Å². The van der Waals surface area contributed by atoms with Gasteiger partial charge in [-0.15, -0.1) is 0 Å². The number of rotatable bonds is 8. The minimum absolute atomic E-state index is 0.211. The van der Waals surface area contributed by atoms with E-state index >= 15 is 0 Å². The fraction of sp³-hybridized carbons (Fsp3) is 0.800. The minimum atomic E-state index is -0.964. The Morgan fingerprint density at radius 3 is 2.47 bits per heavy atom. The van der Waals surface area contributed by atoms with E-state index in [1.54, 1.807) is 0 Å². The number of carbonyl (C=O) groups excluding carboxylic acids is 1. The summed E-state index contributed by atoms with van der Waals surface area (Å²) in [4.78, 5) is 22.0. The van der Waals surface area contributed by atoms with Crippen LogP contribution in [0.4, 0.5) is 0 Å². The number of hydrogen-bond donors (Lipinski definition) is 3. The lowest BCUT2D eigenvalue weighted by Crippen LogP contribution is -2.41. The van der Waals surface area contributed by atoms with Gasteiger partial charge in [-0.1, -0.05) is 20.3 Å². The van der Waals surface area contributed by atoms with Crippen molar-refractivity contribution in [3.63, 3.8) is 0 Å². The van der Waals surface area contributed by atoms with Crippen LogP contribution in [-0.2, 0) is 9.59 Å². The molecule has 5 nitrogen and oxygen atoms in total. The lowest BCUT2D eigenvalue weighted by Gasteiger charge is -2.13. The molecule has 0 heterocycles. The van der Waals surface area contributed by atoms with Crippen molar-refractivity contribution in [2.45, 2.75) is 39.2 Å². The third-order valence-corrected chi connectivity index (χ3v) is 1.99. The van der Waals surface area contributed by atoms with Gasteiger partial charge in [-0.3, -0.25) is 4.79 Å². The second-order valence-electron chi connectivity index (χ2n) is 3.35. The predicted molar refractivity (Wildman–Crippen MR) is 57.6 cm³/mol. The molecular formula is C10H20N2O3. The van der Waals surface area contributed by atoms with Gasteiger partial charge in [-0.2, -0.15) is 0 Å². The fourth-order valence-electron chi connectivity index (χ4n) is 1.19. The number of aliphatic carboxylic acids is 1. The minimum Gasteiger partial charge on any atom is -0.480 e. The zero-order valence-electron chi connectivity index (χ0n) is 9.38. The van der Waals surface area contributed by atoms with Crippen molar-refractivity contribution in [3.05, 3.63) is 0 Å². The summed E-state index contributed by atoms with van der Waals surface area (Å²) in [6.45, 7) is 5.24. The molecule has 5 heteroatoms. The highest BCUT2D eigenvalue weighted by Gasteiger charge is 2.17. The van der Waals surface area contributed by atoms with Crippen LogP contribution in [-0.4, -0.2) is 36.1 Å². The van der Waals surface area contributed by atoms with Crippen molar-refractivity contribution in [2.75, 3.05) is 13.1 Å². The highest BCUT2D eigenvalue weighted by Crippen LogP contribution is 1.97. The molecule has 0 saturated carbocycles. The topological polar surface area (TPSA) is 78.4 Å². The van der Waals surface area contributed by atoms with Gasteiger partial charge >= 0.3 is 5.97 Å². The van der Waals surface area contributed by atoms with E-state index in [4.69, 9.17) is 5.11 Å². The van der Waals surface area contributed by atoms with Crippen LogP contribution in [0.1, 0.15) is 33.1 Å². The van der Waals surface area contributed by atoms with Crippen molar-refractivity contribution >= 4 is 11.9 Å². The summed E-state index contributed by atoms with van der Waals surface area (Å²) in [5, 5.41) is 14.3. The van der Waals surface area contributed by atoms with E-state index in [1.165, 1.54) is 0 Å². The Morgan fingerprint density at radius 2 is 2.00 bits per heavy atom. The molecule has 0 aromatic heterocycles. The molecule has 0 saturated heterocycles. The summed E-state index contributed by atoms with van der Waals surface area (Å²) in [6.07, 6.45) is 1.54. The van der Waals surface area contributed by atoms with E-state index in [-0.39, 0.29) is 5.91 Å². The molecule has 0 aliphatic carbocycles. The number of carboxylic acids is 1. The molecule has 0 radical (unpaired) electrons. The number of carbonyl (C=O) groups is 2. The van der Waals surface area contributed by atoms with E-state index < -0.39 is 12.0 Å². The Balaban J connectivity index is 3.84. The molecule has 0 unspecified atom stereocenters. The molecule has 1 amide bonds. The molecule has 0 aliphatic heterocycles. The van der Waals surface area contributed by atoms with E-state index in [0.717, 1.165) is 13.0 Å². The smallest absolute Gasteiger partial charge is 0.326 e. The van der Waals surface area contributed by atoms with E-state index in [9.17, 15) is 9.59 Å². The Hall–Kier alpha value is -1.10. The maximum atomic E-state index is 11.3. The Kier molecular flexibility index (Phi) is 7.62. The van der Waals surface area contributed by atoms with E-state index in [0.29, 0.717) is 19.4 Å². The van der Waals surface area contributed by atoms with Gasteiger partial charge in [-0.25, -0.2) is 4.79 Å². The molecule has 0 aromatic carbocycles. The summed E-state index contributed by atoms with van der Waals surface area (Å²) in [6, 6.07) is -0.746. The molecular weight excluding hydrogens is 196 g/mol. The molecule has 88 valence electrons. The normalized spacial score (nSPS) is 12.1. The molecule has 0 rings (SSSR count). The first-order valence-electron chi connectivity index (χ1n) is 5.34. The maximum absolute atomic E-state index is 11.3. The van der Waals surface area contributed by atoms with Crippen LogP contribution in [0, 0.1) is 0 Å². The van der Waals surface area contributed by atoms with Crippen LogP contribution < -0.4 is 10.6 Å². The van der Waals surface area contributed by atoms with Crippen LogP contribution in [0.5, 0.6) is 0 Å². The second-order valence-corrected chi connectivity index (χ2v) is 3.35. The summed E-state index contributed by atoms with van der Waals surface area (Å²) in [5.74, 6) is -1.18. The van der Waals surface area contributed by atoms with Crippen molar-refractivity contribution in [1.82, 2.24) is 10.6 Å². The van der Waals surface area contributed by atoms with Gasteiger partial charge in [0.2, 0.25) is 5.91 Å². The SMILES string of the molecule is CCC[C@@H](NC(=O)CCNCC)C(=O)O. The molecule has 0 fully saturated rings. The zero-order valence-corrected chi connectivity index (χ0v) is 9.38. The zero-order chi connectivity index (χ0) is 11.7. The third-order valence-electron chi connectivity index (χ3n) is 1.99. The van der Waals surface area contributed by atoms with E-state index in [1.807, 2.05) is 13.8 Å². The summed E-state index contributed by atoms with van der Waals surface area (Å²) >= 11 is 0. The van der Waals surface area contributed by atoms with Gasteiger partial charge in [0, 0.05) is 13.0 Å². The molecule has 1 atom stereocenters. The van der Waals surface area contributed by atoms with Crippen molar-refractivity contribution in [2.24, 2.45) is 0 Å². The lowest BCUT2D eigenvalue weighted by atomic mass is 10.1. The summed E-state index contributed by atoms with van der Waals surface area (Å²) < 4.78 is 0. The number of hydrogen-bond acceptors (Lipinski definition) is 3. The molecule has 0 bridgehead atoms. The second kappa shape index (κ2) is 8.23. The number of amides is 1. The highest BCUT2D eigenvalue weighted by molar-refractivity contribution is 5.83. The maximum Gasteiger partial charge on any atom is 0.326 e. The van der Waals surface area contributed by atoms with E-state index in [2.05, 4.69) is 10.6 Å². The standard InChI is InChI=1S/C10H20N2O3/c1-3-5-8(10(14)15)12-9(13)6-7-11-4-2/h8,11H,3-7H2,1-2H3,(H,12,13)(H,14,15)/t8-/m1/s1. The molecule has 15 heavy (non-hydrogen) atoms. The average molecular weight is 216 g/mol. The summed E-state index contributed by atoms with van der Waals surface area (Å²) in [7, 11) is 0. The van der Waals surface area contributed by atoms with Crippen molar-refractivity contribution < 1.29 is 14.7 Å². The molecule has 3 N–H and O–H groups in total. The first-order chi connectivity index (χ1) is 7.11. The first kappa shape index (κ1) is 13.9. The number of carboxylic acid groups (broad SMARTS) is 1. The van der Waals surface area contributed by atoms with Crippen LogP contribution in [0.3, 0.4) is 0 Å². The first-order valence-corrected chi connectivity index (χ1v) is 5.34. The highest BCUT2D eigenvalue weighted by atomic mass is 16.4. The van der Waals surface area contributed by atoms with Gasteiger partial charge < -0.3 is 15.7 Å². The van der Waals surface area contributed by atoms with Gasteiger partial charge in [-0.05, 0) is 13.0 Å². The largest absolute Gasteiger partial charge is 0.480 e. The van der Waals surface area contributed by atoms with Crippen molar-refractivity contribution in [3.8, 4) is 0 Å². The average Bonchev–Trinajstić information content (AvgIpc) is 2.17. The van der Waals surface area contributed by atoms with Gasteiger partial charge in [0.1, 0.15) is 6.04 Å². The Bertz CT molecular complexity index is 207. The van der Waals surface area contributed by atoms with Crippen molar-refractivity contribution in [1.29, 1.82) is 0 Å². The fourth-order valence-corrected chi connectivity index (χ4v) is 1.19. The lowest BCUT2D eigenvalue weighted by molar-refractivity contribution is -0.142. The van der Waals surface area contributed by atoms with Crippen LogP contribution in [0.25, 0.3) is 0 Å². The molecule has 0 aromatic rings. The number of nitrogens with one attached hydrogen (secondary N) is 2. The Morgan fingerprint density at radius 1 is 1.33 bits per heavy atom. The predicted octanol–water partition coefficient (Wildman–Crippen LogP) is 0.355. The van der Waals surface area contributed by atoms with Crippen LogP contribution in [0.2, 0.25) is 0 Å². The van der Waals surface area contributed by atoms with Crippen LogP contribution >= 0.6 is 0 Å². The van der Waals surface area contributed by atoms with Gasteiger partial charge in [0.05, 0.1) is 0 Å². The Labute approximate surface area is 90.2 Å².